The van der Waals surface area contributed by atoms with Crippen molar-refractivity contribution in [2.24, 2.45) is 0 Å². The van der Waals surface area contributed by atoms with E-state index in [-0.39, 0.29) is 18.2 Å². The molecule has 0 unspecified atom stereocenters. The van der Waals surface area contributed by atoms with Gasteiger partial charge in [0.25, 0.3) is 5.91 Å². The van der Waals surface area contributed by atoms with E-state index in [9.17, 15) is 13.2 Å². The molecule has 8 heteroatoms. The molecule has 1 amide bonds. The summed E-state index contributed by atoms with van der Waals surface area (Å²) < 4.78 is 32.1. The van der Waals surface area contributed by atoms with Gasteiger partial charge in [0, 0.05) is 17.1 Å². The summed E-state index contributed by atoms with van der Waals surface area (Å²) >= 11 is 1.37. The van der Waals surface area contributed by atoms with Crippen LogP contribution in [0.4, 0.5) is 5.69 Å². The van der Waals surface area contributed by atoms with E-state index in [1.165, 1.54) is 17.4 Å². The average Bonchev–Trinajstić information content (AvgIpc) is 3.19. The lowest BCUT2D eigenvalue weighted by Gasteiger charge is -2.08. The number of thiophene rings is 1. The van der Waals surface area contributed by atoms with E-state index in [0.29, 0.717) is 28.5 Å². The average molecular weight is 457 g/mol. The van der Waals surface area contributed by atoms with Crippen molar-refractivity contribution in [3.8, 4) is 16.2 Å². The number of hydrogen-bond donors (Lipinski definition) is 2. The number of sulfonamides is 1. The smallest absolute Gasteiger partial charge is 0.269 e. The van der Waals surface area contributed by atoms with Gasteiger partial charge in [-0.25, -0.2) is 13.1 Å². The Morgan fingerprint density at radius 1 is 1.13 bits per heavy atom. The number of carbonyl (C=O) groups excluding carboxylic acids is 1. The van der Waals surface area contributed by atoms with Gasteiger partial charge in [-0.05, 0) is 36.2 Å². The highest BCUT2D eigenvalue weighted by molar-refractivity contribution is 7.88. The lowest BCUT2D eigenvalue weighted by Crippen LogP contribution is -2.25. The van der Waals surface area contributed by atoms with Crippen LogP contribution >= 0.6 is 11.3 Å². The Balaban J connectivity index is 1.74. The summed E-state index contributed by atoms with van der Waals surface area (Å²) in [7, 11) is -3.43. The summed E-state index contributed by atoms with van der Waals surface area (Å²) in [6, 6.07) is 18.4. The van der Waals surface area contributed by atoms with Crippen molar-refractivity contribution < 1.29 is 17.9 Å². The van der Waals surface area contributed by atoms with Crippen LogP contribution in [0.2, 0.25) is 0 Å². The fraction of sp³-hybridized carbons (Fsp3) is 0.174. The molecule has 0 saturated carbocycles. The summed E-state index contributed by atoms with van der Waals surface area (Å²) in [5.41, 5.74) is 2.21. The van der Waals surface area contributed by atoms with E-state index < -0.39 is 10.0 Å². The Labute approximate surface area is 186 Å². The summed E-state index contributed by atoms with van der Waals surface area (Å²) in [5, 5.41) is 2.86. The van der Waals surface area contributed by atoms with Crippen molar-refractivity contribution in [1.29, 1.82) is 0 Å². The van der Waals surface area contributed by atoms with Crippen LogP contribution in [0.1, 0.15) is 22.2 Å². The number of carbonyl (C=O) groups is 1. The number of benzene rings is 2. The molecule has 2 N–H and O–H groups in total. The maximum absolute atomic E-state index is 12.9. The van der Waals surface area contributed by atoms with Gasteiger partial charge in [0.2, 0.25) is 10.0 Å². The molecular formula is C23H24N2O4S2. The van der Waals surface area contributed by atoms with Crippen molar-refractivity contribution >= 4 is 33.0 Å². The Bertz CT molecular complexity index is 1140. The first kappa shape index (κ1) is 22.7. The number of nitrogens with one attached hydrogen (secondary N) is 2. The van der Waals surface area contributed by atoms with Gasteiger partial charge in [-0.2, -0.15) is 0 Å². The molecule has 0 saturated heterocycles. The zero-order valence-electron chi connectivity index (χ0n) is 17.1. The molecule has 0 fully saturated rings. The van der Waals surface area contributed by atoms with Crippen LogP contribution in [0.3, 0.4) is 0 Å². The minimum atomic E-state index is -3.43. The molecule has 0 aliphatic rings. The summed E-state index contributed by atoms with van der Waals surface area (Å²) in [4.78, 5) is 14.3. The largest absolute Gasteiger partial charge is 0.492 e. The first-order chi connectivity index (χ1) is 14.9. The second kappa shape index (κ2) is 10.4. The molecule has 0 aliphatic heterocycles. The fourth-order valence-corrected chi connectivity index (χ4v) is 4.98. The molecule has 0 spiro atoms. The van der Waals surface area contributed by atoms with Crippen LogP contribution in [-0.2, 0) is 15.8 Å². The predicted molar refractivity (Wildman–Crippen MR) is 126 cm³/mol. The monoisotopic (exact) mass is 456 g/mol. The summed E-state index contributed by atoms with van der Waals surface area (Å²) in [6.45, 7) is 6.01. The number of rotatable bonds is 10. The third-order valence-corrected chi connectivity index (χ3v) is 6.76. The van der Waals surface area contributed by atoms with Crippen LogP contribution in [0.5, 0.6) is 5.75 Å². The van der Waals surface area contributed by atoms with E-state index in [4.69, 9.17) is 4.74 Å². The Kier molecular flexibility index (Phi) is 7.62. The quantitative estimate of drug-likeness (QED) is 0.434. The predicted octanol–water partition coefficient (Wildman–Crippen LogP) is 4.67. The lowest BCUT2D eigenvalue weighted by atomic mass is 10.2. The molecule has 0 bridgehead atoms. The number of anilines is 1. The number of amides is 1. The van der Waals surface area contributed by atoms with Crippen molar-refractivity contribution in [2.75, 3.05) is 18.5 Å². The van der Waals surface area contributed by atoms with Crippen LogP contribution in [0.15, 0.2) is 73.3 Å². The molecule has 2 aromatic carbocycles. The highest BCUT2D eigenvalue weighted by atomic mass is 32.2. The molecule has 0 aliphatic carbocycles. The highest BCUT2D eigenvalue weighted by Gasteiger charge is 2.19. The minimum Gasteiger partial charge on any atom is -0.492 e. The molecule has 31 heavy (non-hydrogen) atoms. The normalized spacial score (nSPS) is 11.1. The van der Waals surface area contributed by atoms with Gasteiger partial charge in [-0.1, -0.05) is 48.5 Å². The van der Waals surface area contributed by atoms with Crippen molar-refractivity contribution in [1.82, 2.24) is 4.72 Å². The zero-order valence-corrected chi connectivity index (χ0v) is 18.8. The summed E-state index contributed by atoms with van der Waals surface area (Å²) in [5.74, 6) is 0.123. The Hall–Kier alpha value is -2.94. The molecule has 0 atom stereocenters. The second-order valence-electron chi connectivity index (χ2n) is 6.65. The molecule has 6 nitrogen and oxygen atoms in total. The first-order valence-electron chi connectivity index (χ1n) is 9.72. The maximum Gasteiger partial charge on any atom is 0.269 e. The topological polar surface area (TPSA) is 84.5 Å². The van der Waals surface area contributed by atoms with Gasteiger partial charge in [0.15, 0.2) is 0 Å². The Morgan fingerprint density at radius 2 is 1.84 bits per heavy atom. The van der Waals surface area contributed by atoms with Gasteiger partial charge in [0.1, 0.15) is 10.6 Å². The van der Waals surface area contributed by atoms with Gasteiger partial charge < -0.3 is 10.1 Å². The van der Waals surface area contributed by atoms with Crippen molar-refractivity contribution in [3.63, 3.8) is 0 Å². The highest BCUT2D eigenvalue weighted by Crippen LogP contribution is 2.36. The van der Waals surface area contributed by atoms with Gasteiger partial charge in [0.05, 0.1) is 12.4 Å². The van der Waals surface area contributed by atoms with Crippen LogP contribution in [0.25, 0.3) is 10.4 Å². The van der Waals surface area contributed by atoms with E-state index >= 15 is 0 Å². The van der Waals surface area contributed by atoms with Crippen LogP contribution in [-0.4, -0.2) is 27.5 Å². The SMILES string of the molecule is C=CCNS(=O)(=O)Cc1ccc(NC(=O)c2sc(-c3ccccc3)cc2OCC)cc1. The Morgan fingerprint density at radius 3 is 2.48 bits per heavy atom. The van der Waals surface area contributed by atoms with E-state index in [1.54, 1.807) is 24.3 Å². The van der Waals surface area contributed by atoms with E-state index in [2.05, 4.69) is 16.6 Å². The lowest BCUT2D eigenvalue weighted by molar-refractivity contribution is 0.102. The van der Waals surface area contributed by atoms with E-state index in [0.717, 1.165) is 10.4 Å². The van der Waals surface area contributed by atoms with Crippen LogP contribution < -0.4 is 14.8 Å². The molecule has 1 aromatic heterocycles. The minimum absolute atomic E-state index is 0.144. The standard InChI is InChI=1S/C23H24N2O4S2/c1-3-14-24-31(27,28)16-17-10-12-19(13-11-17)25-23(26)22-20(29-4-2)15-21(30-22)18-8-6-5-7-9-18/h3,5-13,15,24H,1,4,14,16H2,2H3,(H,25,26). The first-order valence-corrected chi connectivity index (χ1v) is 12.2. The molecule has 3 aromatic rings. The van der Waals surface area contributed by atoms with Gasteiger partial charge in [-0.15, -0.1) is 17.9 Å². The number of hydrogen-bond acceptors (Lipinski definition) is 5. The van der Waals surface area contributed by atoms with Crippen molar-refractivity contribution in [3.05, 3.63) is 83.8 Å². The van der Waals surface area contributed by atoms with Gasteiger partial charge >= 0.3 is 0 Å². The van der Waals surface area contributed by atoms with Crippen molar-refractivity contribution in [2.45, 2.75) is 12.7 Å². The fourth-order valence-electron chi connectivity index (χ4n) is 2.87. The van der Waals surface area contributed by atoms with E-state index in [1.807, 2.05) is 43.3 Å². The van der Waals surface area contributed by atoms with Gasteiger partial charge in [-0.3, -0.25) is 4.79 Å². The second-order valence-corrected chi connectivity index (χ2v) is 9.51. The maximum atomic E-state index is 12.9. The molecule has 3 rings (SSSR count). The summed E-state index contributed by atoms with van der Waals surface area (Å²) in [6.07, 6.45) is 1.49. The third kappa shape index (κ3) is 6.27. The zero-order chi connectivity index (χ0) is 22.3. The molecular weight excluding hydrogens is 432 g/mol. The molecule has 0 radical (unpaired) electrons. The number of ether oxygens (including phenoxy) is 1. The van der Waals surface area contributed by atoms with Crippen LogP contribution in [0, 0.1) is 0 Å². The molecule has 162 valence electrons. The molecule has 1 heterocycles. The third-order valence-electron chi connectivity index (χ3n) is 4.28.